The molecule has 0 rings (SSSR count). The van der Waals surface area contributed by atoms with Crippen LogP contribution in [0.4, 0.5) is 0 Å². The van der Waals surface area contributed by atoms with Gasteiger partial charge in [-0.3, -0.25) is 4.57 Å². The van der Waals surface area contributed by atoms with E-state index in [9.17, 15) is 4.57 Å². The van der Waals surface area contributed by atoms with Crippen LogP contribution < -0.4 is 0 Å². The van der Waals surface area contributed by atoms with Gasteiger partial charge in [-0.15, -0.1) is 0 Å². The summed E-state index contributed by atoms with van der Waals surface area (Å²) in [5.74, 6) is 0. The third-order valence-corrected chi connectivity index (χ3v) is 2.06. The zero-order valence-corrected chi connectivity index (χ0v) is 7.96. The topological polar surface area (TPSA) is 57.5 Å². The van der Waals surface area contributed by atoms with Gasteiger partial charge in [-0.05, 0) is 0 Å². The van der Waals surface area contributed by atoms with Crippen LogP contribution >= 0.6 is 42.4 Å². The highest BCUT2D eigenvalue weighted by molar-refractivity contribution is 7.51. The highest BCUT2D eigenvalue weighted by Gasteiger charge is 2.24. The molecular weight excluding hydrogens is 221 g/mol. The van der Waals surface area contributed by atoms with E-state index in [0.717, 1.165) is 0 Å². The van der Waals surface area contributed by atoms with Gasteiger partial charge >= 0.3 is 7.60 Å². The Labute approximate surface area is 73.4 Å². The van der Waals surface area contributed by atoms with E-state index in [2.05, 4.69) is 0 Å². The molecule has 0 aliphatic carbocycles. The van der Waals surface area contributed by atoms with Crippen LogP contribution in [0.25, 0.3) is 0 Å². The second-order valence-corrected chi connectivity index (χ2v) is 6.05. The molecule has 0 aromatic rings. The Morgan fingerprint density at radius 1 is 1.30 bits per heavy atom. The number of rotatable bonds is 2. The summed E-state index contributed by atoms with van der Waals surface area (Å²) in [6.07, 6.45) is -0.536. The Bertz CT molecular complexity index is 148. The molecule has 0 fully saturated rings. The molecule has 0 amide bonds. The van der Waals surface area contributed by atoms with Gasteiger partial charge in [0.15, 0.2) is 3.79 Å². The molecule has 0 heterocycles. The molecule has 3 nitrogen and oxygen atoms in total. The van der Waals surface area contributed by atoms with Crippen LogP contribution in [0, 0.1) is 0 Å². The summed E-state index contributed by atoms with van der Waals surface area (Å²) in [6.45, 7) is 0. The van der Waals surface area contributed by atoms with Crippen LogP contribution in [-0.2, 0) is 4.57 Å². The largest absolute Gasteiger partial charge is 0.325 e. The van der Waals surface area contributed by atoms with Crippen molar-refractivity contribution in [3.63, 3.8) is 0 Å². The minimum atomic E-state index is -4.02. The summed E-state index contributed by atoms with van der Waals surface area (Å²) < 4.78 is 8.63. The van der Waals surface area contributed by atoms with Gasteiger partial charge in [0, 0.05) is 6.42 Å². The average Bonchev–Trinajstić information content (AvgIpc) is 1.57. The van der Waals surface area contributed by atoms with E-state index in [1.807, 2.05) is 0 Å². The molecule has 0 aromatic carbocycles. The zero-order valence-electron chi connectivity index (χ0n) is 4.80. The summed E-state index contributed by atoms with van der Waals surface area (Å²) in [6, 6.07) is 0. The van der Waals surface area contributed by atoms with E-state index in [-0.39, 0.29) is 6.42 Å². The van der Waals surface area contributed by atoms with E-state index in [1.165, 1.54) is 0 Å². The van der Waals surface area contributed by atoms with Crippen LogP contribution in [0.3, 0.4) is 0 Å². The van der Waals surface area contributed by atoms with Crippen LogP contribution in [-0.4, -0.2) is 19.7 Å². The van der Waals surface area contributed by atoms with Crippen molar-refractivity contribution in [1.29, 1.82) is 0 Å². The summed E-state index contributed by atoms with van der Waals surface area (Å²) in [4.78, 5) is 16.6. The molecular formula is C3H6Cl3O3P. The second kappa shape index (κ2) is 3.61. The molecule has 0 spiro atoms. The molecule has 0 unspecified atom stereocenters. The first-order valence-corrected chi connectivity index (χ1v) is 5.25. The quantitative estimate of drug-likeness (QED) is 0.560. The fourth-order valence-corrected chi connectivity index (χ4v) is 1.58. The lowest BCUT2D eigenvalue weighted by atomic mass is 10.6. The fourth-order valence-electron chi connectivity index (χ4n) is 0.272. The lowest BCUT2D eigenvalue weighted by Crippen LogP contribution is -2.05. The Morgan fingerprint density at radius 3 is 1.80 bits per heavy atom. The van der Waals surface area contributed by atoms with Gasteiger partial charge < -0.3 is 9.79 Å². The SMILES string of the molecule is O=P(O)(O)CCC(Cl)(Cl)Cl. The van der Waals surface area contributed by atoms with Crippen LogP contribution in [0.15, 0.2) is 0 Å². The average molecular weight is 227 g/mol. The third kappa shape index (κ3) is 9.02. The highest BCUT2D eigenvalue weighted by atomic mass is 35.6. The molecule has 0 radical (unpaired) electrons. The molecule has 0 aliphatic heterocycles. The molecule has 0 saturated heterocycles. The third-order valence-electron chi connectivity index (χ3n) is 0.687. The van der Waals surface area contributed by atoms with Gasteiger partial charge in [0.05, 0.1) is 6.16 Å². The smallest absolute Gasteiger partial charge is 0.324 e. The van der Waals surface area contributed by atoms with Crippen LogP contribution in [0.5, 0.6) is 0 Å². The van der Waals surface area contributed by atoms with Crippen molar-refractivity contribution in [3.8, 4) is 0 Å². The number of halogens is 3. The summed E-state index contributed by atoms with van der Waals surface area (Å²) in [5.41, 5.74) is 0. The van der Waals surface area contributed by atoms with E-state index in [1.54, 1.807) is 0 Å². The molecule has 0 aromatic heterocycles. The standard InChI is InChI=1S/C3H6Cl3O3P/c4-3(5,6)1-2-10(7,8)9/h1-2H2,(H2,7,8,9). The van der Waals surface area contributed by atoms with Crippen molar-refractivity contribution < 1.29 is 14.4 Å². The first-order chi connectivity index (χ1) is 4.21. The molecule has 0 saturated carbocycles. The second-order valence-electron chi connectivity index (χ2n) is 1.75. The van der Waals surface area contributed by atoms with E-state index >= 15 is 0 Å². The van der Waals surface area contributed by atoms with E-state index in [4.69, 9.17) is 44.6 Å². The van der Waals surface area contributed by atoms with E-state index in [0.29, 0.717) is 0 Å². The van der Waals surface area contributed by atoms with Crippen molar-refractivity contribution in [2.75, 3.05) is 6.16 Å². The minimum absolute atomic E-state index is 0.137. The summed E-state index contributed by atoms with van der Waals surface area (Å²) in [7, 11) is -4.02. The zero-order chi connectivity index (χ0) is 8.41. The maximum atomic E-state index is 10.2. The van der Waals surface area contributed by atoms with E-state index < -0.39 is 17.6 Å². The highest BCUT2D eigenvalue weighted by Crippen LogP contribution is 2.41. The van der Waals surface area contributed by atoms with Crippen LogP contribution in [0.1, 0.15) is 6.42 Å². The maximum absolute atomic E-state index is 10.2. The molecule has 7 heteroatoms. The number of hydrogen-bond acceptors (Lipinski definition) is 1. The lowest BCUT2D eigenvalue weighted by molar-refractivity contribution is 0.372. The molecule has 10 heavy (non-hydrogen) atoms. The molecule has 0 bridgehead atoms. The Morgan fingerprint density at radius 2 is 1.70 bits per heavy atom. The predicted octanol–water partition coefficient (Wildman–Crippen LogP) is 1.92. The van der Waals surface area contributed by atoms with Crippen LogP contribution in [0.2, 0.25) is 0 Å². The van der Waals surface area contributed by atoms with Crippen molar-refractivity contribution in [3.05, 3.63) is 0 Å². The van der Waals surface area contributed by atoms with Gasteiger partial charge in [0.1, 0.15) is 0 Å². The van der Waals surface area contributed by atoms with Crippen molar-refractivity contribution in [1.82, 2.24) is 0 Å². The number of hydrogen-bond donors (Lipinski definition) is 2. The Balaban J connectivity index is 3.67. The van der Waals surface area contributed by atoms with Gasteiger partial charge in [-0.25, -0.2) is 0 Å². The predicted molar refractivity (Wildman–Crippen MR) is 41.8 cm³/mol. The first-order valence-electron chi connectivity index (χ1n) is 2.32. The first kappa shape index (κ1) is 11.0. The summed E-state index contributed by atoms with van der Waals surface area (Å²) >= 11 is 15.7. The van der Waals surface area contributed by atoms with Crippen molar-refractivity contribution >= 4 is 42.4 Å². The molecule has 2 N–H and O–H groups in total. The molecule has 0 atom stereocenters. The van der Waals surface area contributed by atoms with Gasteiger partial charge in [-0.1, -0.05) is 34.8 Å². The Hall–Kier alpha value is 1.02. The van der Waals surface area contributed by atoms with Crippen molar-refractivity contribution in [2.45, 2.75) is 10.2 Å². The van der Waals surface area contributed by atoms with Gasteiger partial charge in [0.2, 0.25) is 0 Å². The number of alkyl halides is 3. The lowest BCUT2D eigenvalue weighted by Gasteiger charge is -2.10. The maximum Gasteiger partial charge on any atom is 0.325 e. The minimum Gasteiger partial charge on any atom is -0.324 e. The van der Waals surface area contributed by atoms with Gasteiger partial charge in [0.25, 0.3) is 0 Å². The fraction of sp³-hybridized carbons (Fsp3) is 1.00. The Kier molecular flexibility index (Phi) is 3.98. The monoisotopic (exact) mass is 226 g/mol. The summed E-state index contributed by atoms with van der Waals surface area (Å²) in [5, 5.41) is 0. The van der Waals surface area contributed by atoms with Crippen molar-refractivity contribution in [2.24, 2.45) is 0 Å². The molecule has 0 aliphatic rings. The van der Waals surface area contributed by atoms with Gasteiger partial charge in [-0.2, -0.15) is 0 Å². The molecule has 62 valence electrons. The normalized spacial score (nSPS) is 13.7.